The summed E-state index contributed by atoms with van der Waals surface area (Å²) >= 11 is 0. The highest BCUT2D eigenvalue weighted by Crippen LogP contribution is 1.96. The molecule has 0 spiro atoms. The number of nitrogens with zero attached hydrogens (tertiary/aromatic N) is 3. The highest BCUT2D eigenvalue weighted by molar-refractivity contribution is 6.02. The fraction of sp³-hybridized carbons (Fsp3) is 0.375. The minimum Gasteiger partial charge on any atom is -0.288 e. The van der Waals surface area contributed by atoms with Crippen LogP contribution in [0.2, 0.25) is 0 Å². The van der Waals surface area contributed by atoms with Crippen LogP contribution in [0.25, 0.3) is 0 Å². The molecule has 0 bridgehead atoms. The van der Waals surface area contributed by atoms with E-state index in [2.05, 4.69) is 10.3 Å². The second-order valence-electron chi connectivity index (χ2n) is 2.42. The summed E-state index contributed by atoms with van der Waals surface area (Å²) in [5.41, 5.74) is 0.514. The Labute approximate surface area is 70.9 Å². The van der Waals surface area contributed by atoms with Gasteiger partial charge in [0.15, 0.2) is 0 Å². The van der Waals surface area contributed by atoms with Crippen LogP contribution in [-0.2, 0) is 7.05 Å². The lowest BCUT2D eigenvalue weighted by Gasteiger charge is -1.92. The van der Waals surface area contributed by atoms with Gasteiger partial charge in [0.25, 0.3) is 0 Å². The lowest BCUT2D eigenvalue weighted by molar-refractivity contribution is 0.103. The van der Waals surface area contributed by atoms with Crippen molar-refractivity contribution in [3.05, 3.63) is 24.0 Å². The summed E-state index contributed by atoms with van der Waals surface area (Å²) in [6.07, 6.45) is 5.67. The number of hydrogen-bond donors (Lipinski definition) is 0. The maximum absolute atomic E-state index is 11.3. The van der Waals surface area contributed by atoms with Crippen molar-refractivity contribution in [1.82, 2.24) is 15.0 Å². The van der Waals surface area contributed by atoms with Gasteiger partial charge in [-0.15, -0.1) is 5.10 Å². The summed E-state index contributed by atoms with van der Waals surface area (Å²) < 4.78 is 1.46. The van der Waals surface area contributed by atoms with Crippen LogP contribution in [0.5, 0.6) is 0 Å². The number of aromatic nitrogens is 3. The van der Waals surface area contributed by atoms with Gasteiger partial charge in [0.2, 0.25) is 5.78 Å². The predicted octanol–water partition coefficient (Wildman–Crippen LogP) is 0.964. The smallest absolute Gasteiger partial charge is 0.205 e. The van der Waals surface area contributed by atoms with E-state index in [0.29, 0.717) is 5.69 Å². The van der Waals surface area contributed by atoms with Crippen molar-refractivity contribution < 1.29 is 4.79 Å². The van der Waals surface area contributed by atoms with E-state index in [1.807, 2.05) is 13.0 Å². The zero-order chi connectivity index (χ0) is 8.97. The molecular formula is C8H11N3O. The molecule has 0 N–H and O–H groups in total. The van der Waals surface area contributed by atoms with E-state index in [0.717, 1.165) is 6.42 Å². The Morgan fingerprint density at radius 3 is 3.00 bits per heavy atom. The largest absolute Gasteiger partial charge is 0.288 e. The van der Waals surface area contributed by atoms with Crippen molar-refractivity contribution in [3.63, 3.8) is 0 Å². The summed E-state index contributed by atoms with van der Waals surface area (Å²) in [6.45, 7) is 1.98. The second-order valence-corrected chi connectivity index (χ2v) is 2.42. The van der Waals surface area contributed by atoms with E-state index in [1.54, 1.807) is 13.1 Å². The van der Waals surface area contributed by atoms with Crippen molar-refractivity contribution in [2.45, 2.75) is 13.3 Å². The van der Waals surface area contributed by atoms with Gasteiger partial charge in [-0.3, -0.25) is 4.79 Å². The van der Waals surface area contributed by atoms with Gasteiger partial charge in [-0.05, 0) is 12.5 Å². The molecule has 0 aliphatic heterocycles. The SMILES string of the molecule is CC/C=C/C(=O)c1cnnn1C. The molecule has 0 saturated heterocycles. The van der Waals surface area contributed by atoms with Gasteiger partial charge in [-0.25, -0.2) is 4.68 Å². The van der Waals surface area contributed by atoms with Crippen LogP contribution in [0.1, 0.15) is 23.8 Å². The minimum absolute atomic E-state index is 0.0515. The van der Waals surface area contributed by atoms with E-state index in [4.69, 9.17) is 0 Å². The highest BCUT2D eigenvalue weighted by atomic mass is 16.1. The zero-order valence-corrected chi connectivity index (χ0v) is 7.19. The number of rotatable bonds is 3. The molecule has 4 nitrogen and oxygen atoms in total. The molecule has 0 aliphatic rings. The Morgan fingerprint density at radius 1 is 1.75 bits per heavy atom. The number of hydrogen-bond acceptors (Lipinski definition) is 3. The van der Waals surface area contributed by atoms with Gasteiger partial charge < -0.3 is 0 Å². The number of carbonyl (C=O) groups is 1. The van der Waals surface area contributed by atoms with Crippen LogP contribution in [0.3, 0.4) is 0 Å². The Bertz CT molecular complexity index is 301. The maximum Gasteiger partial charge on any atom is 0.205 e. The van der Waals surface area contributed by atoms with E-state index >= 15 is 0 Å². The maximum atomic E-state index is 11.3. The van der Waals surface area contributed by atoms with Gasteiger partial charge in [-0.2, -0.15) is 0 Å². The first-order chi connectivity index (χ1) is 5.75. The third kappa shape index (κ3) is 1.78. The first-order valence-corrected chi connectivity index (χ1v) is 3.81. The monoisotopic (exact) mass is 165 g/mol. The molecule has 0 atom stereocenters. The van der Waals surface area contributed by atoms with Crippen LogP contribution in [0.15, 0.2) is 18.3 Å². The fourth-order valence-electron chi connectivity index (χ4n) is 0.823. The third-order valence-corrected chi connectivity index (χ3v) is 1.47. The average molecular weight is 165 g/mol. The van der Waals surface area contributed by atoms with Gasteiger partial charge in [0, 0.05) is 7.05 Å². The minimum atomic E-state index is -0.0515. The Balaban J connectivity index is 2.78. The molecule has 1 heterocycles. The molecule has 0 fully saturated rings. The quantitative estimate of drug-likeness (QED) is 0.495. The number of ketones is 1. The summed E-state index contributed by atoms with van der Waals surface area (Å²) in [7, 11) is 1.69. The molecule has 0 radical (unpaired) electrons. The second kappa shape index (κ2) is 3.80. The van der Waals surface area contributed by atoms with E-state index in [1.165, 1.54) is 10.9 Å². The van der Waals surface area contributed by atoms with E-state index in [-0.39, 0.29) is 5.78 Å². The lowest BCUT2D eigenvalue weighted by Crippen LogP contribution is -2.03. The molecule has 0 aromatic carbocycles. The molecule has 0 aliphatic carbocycles. The fourth-order valence-corrected chi connectivity index (χ4v) is 0.823. The number of aryl methyl sites for hydroxylation is 1. The number of carbonyl (C=O) groups excluding carboxylic acids is 1. The average Bonchev–Trinajstić information content (AvgIpc) is 2.47. The van der Waals surface area contributed by atoms with Gasteiger partial charge >= 0.3 is 0 Å². The standard InChI is InChI=1S/C8H11N3O/c1-3-4-5-8(12)7-6-9-10-11(7)2/h4-6H,3H2,1-2H3/b5-4+. The zero-order valence-electron chi connectivity index (χ0n) is 7.19. The normalized spacial score (nSPS) is 10.8. The van der Waals surface area contributed by atoms with Crippen molar-refractivity contribution >= 4 is 5.78 Å². The topological polar surface area (TPSA) is 47.8 Å². The Morgan fingerprint density at radius 2 is 2.50 bits per heavy atom. The third-order valence-electron chi connectivity index (χ3n) is 1.47. The van der Waals surface area contributed by atoms with Crippen LogP contribution in [0, 0.1) is 0 Å². The van der Waals surface area contributed by atoms with Crippen molar-refractivity contribution in [2.24, 2.45) is 7.05 Å². The summed E-state index contributed by atoms with van der Waals surface area (Å²) in [5, 5.41) is 7.27. The molecule has 0 saturated carbocycles. The van der Waals surface area contributed by atoms with Crippen LogP contribution in [-0.4, -0.2) is 20.8 Å². The first-order valence-electron chi connectivity index (χ1n) is 3.81. The molecule has 1 aromatic rings. The molecule has 12 heavy (non-hydrogen) atoms. The van der Waals surface area contributed by atoms with Crippen molar-refractivity contribution in [2.75, 3.05) is 0 Å². The van der Waals surface area contributed by atoms with Gasteiger partial charge in [0.05, 0.1) is 6.20 Å². The Hall–Kier alpha value is -1.45. The van der Waals surface area contributed by atoms with Crippen LogP contribution in [0.4, 0.5) is 0 Å². The molecule has 0 unspecified atom stereocenters. The van der Waals surface area contributed by atoms with Crippen LogP contribution >= 0.6 is 0 Å². The molecule has 1 rings (SSSR count). The van der Waals surface area contributed by atoms with Gasteiger partial charge in [-0.1, -0.05) is 18.2 Å². The highest BCUT2D eigenvalue weighted by Gasteiger charge is 2.05. The van der Waals surface area contributed by atoms with E-state index < -0.39 is 0 Å². The molecule has 64 valence electrons. The summed E-state index contributed by atoms with van der Waals surface area (Å²) in [4.78, 5) is 11.3. The Kier molecular flexibility index (Phi) is 2.74. The number of allylic oxidation sites excluding steroid dienone is 2. The lowest BCUT2D eigenvalue weighted by atomic mass is 10.2. The first kappa shape index (κ1) is 8.64. The van der Waals surface area contributed by atoms with Crippen molar-refractivity contribution in [3.8, 4) is 0 Å². The predicted molar refractivity (Wildman–Crippen MR) is 44.8 cm³/mol. The van der Waals surface area contributed by atoms with Crippen LogP contribution < -0.4 is 0 Å². The molecule has 0 amide bonds. The van der Waals surface area contributed by atoms with Crippen molar-refractivity contribution in [1.29, 1.82) is 0 Å². The van der Waals surface area contributed by atoms with E-state index in [9.17, 15) is 4.79 Å². The summed E-state index contributed by atoms with van der Waals surface area (Å²) in [5.74, 6) is -0.0515. The molecule has 4 heteroatoms. The van der Waals surface area contributed by atoms with Gasteiger partial charge in [0.1, 0.15) is 5.69 Å². The molecule has 1 aromatic heterocycles. The summed E-state index contributed by atoms with van der Waals surface area (Å²) in [6, 6.07) is 0. The molecular weight excluding hydrogens is 154 g/mol.